The van der Waals surface area contributed by atoms with E-state index in [2.05, 4.69) is 9.82 Å². The van der Waals surface area contributed by atoms with Crippen LogP contribution in [0.3, 0.4) is 0 Å². The number of nitrogens with one attached hydrogen (secondary N) is 1. The maximum atomic E-state index is 12.5. The lowest BCUT2D eigenvalue weighted by Crippen LogP contribution is -2.20. The summed E-state index contributed by atoms with van der Waals surface area (Å²) in [5.74, 6) is -0.933. The minimum atomic E-state index is -3.88. The third-order valence-corrected chi connectivity index (χ3v) is 6.43. The summed E-state index contributed by atoms with van der Waals surface area (Å²) >= 11 is 0.930. The molecular weight excluding hydrogens is 354 g/mol. The minimum Gasteiger partial charge on any atom is -0.477 e. The number of sulfonamides is 1. The Morgan fingerprint density at radius 2 is 2.17 bits per heavy atom. The van der Waals surface area contributed by atoms with Crippen LogP contribution in [-0.4, -0.2) is 42.5 Å². The molecule has 0 saturated carbocycles. The Hall–Kier alpha value is -1.91. The monoisotopic (exact) mass is 371 g/mol. The SMILES string of the molecule is Cc1sc(C(=O)O)cc1S(=O)(=O)Nc1ccn(C2CCOCC2)n1. The topological polar surface area (TPSA) is 111 Å². The molecule has 0 radical (unpaired) electrons. The highest BCUT2D eigenvalue weighted by Gasteiger charge is 2.24. The van der Waals surface area contributed by atoms with Crippen LogP contribution in [0.25, 0.3) is 0 Å². The van der Waals surface area contributed by atoms with Crippen LogP contribution in [0.5, 0.6) is 0 Å². The van der Waals surface area contributed by atoms with Crippen molar-refractivity contribution in [3.8, 4) is 0 Å². The number of nitrogens with zero attached hydrogens (tertiary/aromatic N) is 2. The highest BCUT2D eigenvalue weighted by atomic mass is 32.2. The van der Waals surface area contributed by atoms with Gasteiger partial charge >= 0.3 is 5.97 Å². The van der Waals surface area contributed by atoms with Gasteiger partial charge in [-0.1, -0.05) is 0 Å². The fraction of sp³-hybridized carbons (Fsp3) is 0.429. The summed E-state index contributed by atoms with van der Waals surface area (Å²) in [5.41, 5.74) is 0. The van der Waals surface area contributed by atoms with Crippen molar-refractivity contribution in [1.29, 1.82) is 0 Å². The zero-order valence-electron chi connectivity index (χ0n) is 12.9. The number of anilines is 1. The van der Waals surface area contributed by atoms with Crippen molar-refractivity contribution in [1.82, 2.24) is 9.78 Å². The normalized spacial score (nSPS) is 16.2. The van der Waals surface area contributed by atoms with Crippen molar-refractivity contribution in [2.45, 2.75) is 30.7 Å². The molecule has 2 aromatic heterocycles. The van der Waals surface area contributed by atoms with Gasteiger partial charge in [0.05, 0.1) is 6.04 Å². The second kappa shape index (κ2) is 6.54. The summed E-state index contributed by atoms with van der Waals surface area (Å²) in [6.45, 7) is 2.90. The van der Waals surface area contributed by atoms with Gasteiger partial charge in [-0.25, -0.2) is 13.2 Å². The minimum absolute atomic E-state index is 0.0133. The lowest BCUT2D eigenvalue weighted by molar-refractivity contribution is 0.0663. The molecular formula is C14H17N3O5S2. The molecule has 1 fully saturated rings. The van der Waals surface area contributed by atoms with E-state index in [1.54, 1.807) is 23.9 Å². The Balaban J connectivity index is 1.80. The van der Waals surface area contributed by atoms with Crippen LogP contribution in [0.15, 0.2) is 23.2 Å². The fourth-order valence-electron chi connectivity index (χ4n) is 2.58. The zero-order chi connectivity index (χ0) is 17.3. The van der Waals surface area contributed by atoms with Crippen molar-refractivity contribution in [3.63, 3.8) is 0 Å². The molecule has 0 aliphatic carbocycles. The van der Waals surface area contributed by atoms with Gasteiger partial charge in [0.15, 0.2) is 5.82 Å². The van der Waals surface area contributed by atoms with Crippen LogP contribution >= 0.6 is 11.3 Å². The number of carboxylic acids is 1. The molecule has 3 heterocycles. The maximum Gasteiger partial charge on any atom is 0.345 e. The van der Waals surface area contributed by atoms with E-state index in [9.17, 15) is 13.2 Å². The Morgan fingerprint density at radius 3 is 2.79 bits per heavy atom. The lowest BCUT2D eigenvalue weighted by Gasteiger charge is -2.22. The summed E-state index contributed by atoms with van der Waals surface area (Å²) in [7, 11) is -3.88. The molecule has 1 saturated heterocycles. The number of hydrogen-bond acceptors (Lipinski definition) is 6. The van der Waals surface area contributed by atoms with Crippen molar-refractivity contribution < 1.29 is 23.1 Å². The van der Waals surface area contributed by atoms with Crippen molar-refractivity contribution in [3.05, 3.63) is 28.1 Å². The van der Waals surface area contributed by atoms with Crippen LogP contribution in [0, 0.1) is 6.92 Å². The summed E-state index contributed by atoms with van der Waals surface area (Å²) in [6.07, 6.45) is 3.40. The number of rotatable bonds is 5. The molecule has 0 atom stereocenters. The first-order valence-electron chi connectivity index (χ1n) is 7.36. The van der Waals surface area contributed by atoms with Gasteiger partial charge in [-0.05, 0) is 25.8 Å². The van der Waals surface area contributed by atoms with E-state index in [1.807, 2.05) is 0 Å². The average Bonchev–Trinajstić information content (AvgIpc) is 3.15. The number of thiophene rings is 1. The molecule has 10 heteroatoms. The molecule has 130 valence electrons. The smallest absolute Gasteiger partial charge is 0.345 e. The van der Waals surface area contributed by atoms with Crippen molar-refractivity contribution >= 4 is 33.1 Å². The predicted molar refractivity (Wildman–Crippen MR) is 88.1 cm³/mol. The van der Waals surface area contributed by atoms with E-state index in [0.29, 0.717) is 18.1 Å². The molecule has 0 amide bonds. The molecule has 2 N–H and O–H groups in total. The van der Waals surface area contributed by atoms with Crippen molar-refractivity contribution in [2.24, 2.45) is 0 Å². The molecule has 1 aliphatic heterocycles. The third kappa shape index (κ3) is 3.45. The molecule has 24 heavy (non-hydrogen) atoms. The van der Waals surface area contributed by atoms with E-state index in [0.717, 1.165) is 24.2 Å². The first-order valence-corrected chi connectivity index (χ1v) is 9.66. The van der Waals surface area contributed by atoms with Crippen LogP contribution in [-0.2, 0) is 14.8 Å². The van der Waals surface area contributed by atoms with Gasteiger partial charge in [0, 0.05) is 30.4 Å². The van der Waals surface area contributed by atoms with Crippen LogP contribution in [0.2, 0.25) is 0 Å². The van der Waals surface area contributed by atoms with E-state index in [4.69, 9.17) is 9.84 Å². The Morgan fingerprint density at radius 1 is 1.46 bits per heavy atom. The number of aryl methyl sites for hydroxylation is 1. The molecule has 0 spiro atoms. The molecule has 0 aromatic carbocycles. The van der Waals surface area contributed by atoms with Gasteiger partial charge in [0.2, 0.25) is 0 Å². The van der Waals surface area contributed by atoms with E-state index >= 15 is 0 Å². The second-order valence-electron chi connectivity index (χ2n) is 5.47. The summed E-state index contributed by atoms with van der Waals surface area (Å²) in [4.78, 5) is 11.4. The Kier molecular flexibility index (Phi) is 4.61. The quantitative estimate of drug-likeness (QED) is 0.833. The first kappa shape index (κ1) is 16.9. The second-order valence-corrected chi connectivity index (χ2v) is 8.37. The predicted octanol–water partition coefficient (Wildman–Crippen LogP) is 2.10. The number of carboxylic acid groups (broad SMARTS) is 1. The molecule has 0 unspecified atom stereocenters. The van der Waals surface area contributed by atoms with E-state index < -0.39 is 16.0 Å². The standard InChI is InChI=1S/C14H17N3O5S2/c1-9-12(8-11(23-9)14(18)19)24(20,21)16-13-2-5-17(15-13)10-3-6-22-7-4-10/h2,5,8,10H,3-4,6-7H2,1H3,(H,15,16)(H,18,19). The number of aromatic nitrogens is 2. The van der Waals surface area contributed by atoms with Gasteiger partial charge in [-0.15, -0.1) is 11.3 Å². The van der Waals surface area contributed by atoms with Gasteiger partial charge in [-0.2, -0.15) is 5.10 Å². The number of aromatic carboxylic acids is 1. The van der Waals surface area contributed by atoms with Gasteiger partial charge < -0.3 is 9.84 Å². The van der Waals surface area contributed by atoms with E-state index in [-0.39, 0.29) is 21.6 Å². The Bertz CT molecular complexity index is 850. The maximum absolute atomic E-state index is 12.5. The van der Waals surface area contributed by atoms with Gasteiger partial charge in [0.1, 0.15) is 9.77 Å². The summed E-state index contributed by atoms with van der Waals surface area (Å²) in [6, 6.07) is 2.95. The molecule has 0 bridgehead atoms. The zero-order valence-corrected chi connectivity index (χ0v) is 14.6. The largest absolute Gasteiger partial charge is 0.477 e. The van der Waals surface area contributed by atoms with Crippen LogP contribution in [0.4, 0.5) is 5.82 Å². The first-order chi connectivity index (χ1) is 11.4. The van der Waals surface area contributed by atoms with E-state index in [1.165, 1.54) is 6.07 Å². The van der Waals surface area contributed by atoms with Gasteiger partial charge in [0.25, 0.3) is 10.0 Å². The van der Waals surface area contributed by atoms with Crippen molar-refractivity contribution in [2.75, 3.05) is 17.9 Å². The number of carbonyl (C=O) groups is 1. The highest BCUT2D eigenvalue weighted by molar-refractivity contribution is 7.93. The molecule has 3 rings (SSSR count). The molecule has 2 aromatic rings. The highest BCUT2D eigenvalue weighted by Crippen LogP contribution is 2.27. The number of ether oxygens (including phenoxy) is 1. The Labute approximate surface area is 143 Å². The summed E-state index contributed by atoms with van der Waals surface area (Å²) < 4.78 is 34.4. The van der Waals surface area contributed by atoms with Crippen LogP contribution < -0.4 is 4.72 Å². The lowest BCUT2D eigenvalue weighted by atomic mass is 10.1. The summed E-state index contributed by atoms with van der Waals surface area (Å²) in [5, 5.41) is 13.3. The number of hydrogen-bond donors (Lipinski definition) is 2. The molecule has 8 nitrogen and oxygen atoms in total. The van der Waals surface area contributed by atoms with Gasteiger partial charge in [-0.3, -0.25) is 9.40 Å². The third-order valence-electron chi connectivity index (χ3n) is 3.78. The average molecular weight is 371 g/mol. The molecule has 1 aliphatic rings. The fourth-order valence-corrected chi connectivity index (χ4v) is 5.00. The van der Waals surface area contributed by atoms with Crippen LogP contribution in [0.1, 0.15) is 33.4 Å².